The van der Waals surface area contributed by atoms with Crippen LogP contribution < -0.4 is 5.32 Å². The van der Waals surface area contributed by atoms with Crippen molar-refractivity contribution in [2.24, 2.45) is 0 Å². The average Bonchev–Trinajstić information content (AvgIpc) is 2.23. The summed E-state index contributed by atoms with van der Waals surface area (Å²) in [5.41, 5.74) is 0. The standard InChI is InChI=1S/C13H26N2/c1-4-5-6-7-8-9-15-11-12(2)14-10-13(15)3/h4,12-14H,1,5-11H2,2-3H3. The number of hydrogen-bond acceptors (Lipinski definition) is 2. The van der Waals surface area contributed by atoms with Crippen LogP contribution in [0.4, 0.5) is 0 Å². The van der Waals surface area contributed by atoms with Gasteiger partial charge in [-0.05, 0) is 39.7 Å². The third-order valence-corrected chi connectivity index (χ3v) is 3.25. The fourth-order valence-corrected chi connectivity index (χ4v) is 2.19. The molecule has 2 nitrogen and oxygen atoms in total. The second-order valence-electron chi connectivity index (χ2n) is 4.79. The molecule has 2 atom stereocenters. The summed E-state index contributed by atoms with van der Waals surface area (Å²) < 4.78 is 0. The molecular weight excluding hydrogens is 184 g/mol. The lowest BCUT2D eigenvalue weighted by Gasteiger charge is -2.37. The predicted octanol–water partition coefficient (Wildman–Crippen LogP) is 2.42. The van der Waals surface area contributed by atoms with Gasteiger partial charge >= 0.3 is 0 Å². The van der Waals surface area contributed by atoms with Gasteiger partial charge in [0, 0.05) is 25.2 Å². The first-order valence-electron chi connectivity index (χ1n) is 6.32. The Morgan fingerprint density at radius 3 is 2.87 bits per heavy atom. The van der Waals surface area contributed by atoms with Gasteiger partial charge in [-0.3, -0.25) is 4.90 Å². The van der Waals surface area contributed by atoms with Crippen LogP contribution in [0.2, 0.25) is 0 Å². The smallest absolute Gasteiger partial charge is 0.0193 e. The summed E-state index contributed by atoms with van der Waals surface area (Å²) in [6, 6.07) is 1.37. The molecular formula is C13H26N2. The van der Waals surface area contributed by atoms with Crippen molar-refractivity contribution >= 4 is 0 Å². The van der Waals surface area contributed by atoms with Gasteiger partial charge in [-0.1, -0.05) is 12.5 Å². The van der Waals surface area contributed by atoms with E-state index < -0.39 is 0 Å². The maximum absolute atomic E-state index is 3.75. The van der Waals surface area contributed by atoms with Gasteiger partial charge in [-0.25, -0.2) is 0 Å². The van der Waals surface area contributed by atoms with Crippen LogP contribution >= 0.6 is 0 Å². The van der Waals surface area contributed by atoms with Gasteiger partial charge in [-0.2, -0.15) is 0 Å². The minimum absolute atomic E-state index is 0.661. The molecule has 1 N–H and O–H groups in total. The molecule has 0 amide bonds. The van der Waals surface area contributed by atoms with Gasteiger partial charge in [0.15, 0.2) is 0 Å². The van der Waals surface area contributed by atoms with E-state index in [0.717, 1.165) is 6.54 Å². The van der Waals surface area contributed by atoms with Crippen LogP contribution in [0.15, 0.2) is 12.7 Å². The molecule has 1 rings (SSSR count). The average molecular weight is 210 g/mol. The third kappa shape index (κ3) is 4.80. The maximum atomic E-state index is 3.75. The molecule has 1 heterocycles. The van der Waals surface area contributed by atoms with Gasteiger partial charge in [0.25, 0.3) is 0 Å². The molecule has 0 radical (unpaired) electrons. The Balaban J connectivity index is 2.10. The summed E-state index contributed by atoms with van der Waals surface area (Å²) >= 11 is 0. The van der Waals surface area contributed by atoms with Crippen molar-refractivity contribution in [3.63, 3.8) is 0 Å². The first-order valence-corrected chi connectivity index (χ1v) is 6.32. The number of unbranched alkanes of at least 4 members (excludes halogenated alkanes) is 3. The molecule has 1 fully saturated rings. The van der Waals surface area contributed by atoms with Crippen LogP contribution in [-0.4, -0.2) is 36.6 Å². The summed E-state index contributed by atoms with van der Waals surface area (Å²) in [7, 11) is 0. The van der Waals surface area contributed by atoms with Crippen molar-refractivity contribution in [2.45, 2.75) is 51.6 Å². The highest BCUT2D eigenvalue weighted by atomic mass is 15.2. The Morgan fingerprint density at radius 2 is 2.13 bits per heavy atom. The monoisotopic (exact) mass is 210 g/mol. The number of allylic oxidation sites excluding steroid dienone is 1. The van der Waals surface area contributed by atoms with Crippen LogP contribution in [0, 0.1) is 0 Å². The molecule has 1 aliphatic heterocycles. The summed E-state index contributed by atoms with van der Waals surface area (Å²) in [6.07, 6.45) is 7.19. The summed E-state index contributed by atoms with van der Waals surface area (Å²) in [5, 5.41) is 3.52. The molecule has 0 saturated carbocycles. The second-order valence-corrected chi connectivity index (χ2v) is 4.79. The minimum Gasteiger partial charge on any atom is -0.311 e. The molecule has 0 aromatic rings. The van der Waals surface area contributed by atoms with Crippen LogP contribution in [0.25, 0.3) is 0 Å². The molecule has 0 aromatic carbocycles. The molecule has 2 unspecified atom stereocenters. The Hall–Kier alpha value is -0.340. The second kappa shape index (κ2) is 7.02. The van der Waals surface area contributed by atoms with E-state index in [2.05, 4.69) is 30.6 Å². The lowest BCUT2D eigenvalue weighted by Crippen LogP contribution is -2.54. The van der Waals surface area contributed by atoms with E-state index in [0.29, 0.717) is 12.1 Å². The van der Waals surface area contributed by atoms with Gasteiger partial charge in [0.05, 0.1) is 0 Å². The molecule has 0 aromatic heterocycles. The van der Waals surface area contributed by atoms with Crippen LogP contribution in [0.5, 0.6) is 0 Å². The van der Waals surface area contributed by atoms with Crippen molar-refractivity contribution in [1.82, 2.24) is 10.2 Å². The van der Waals surface area contributed by atoms with Crippen molar-refractivity contribution in [3.8, 4) is 0 Å². The van der Waals surface area contributed by atoms with Gasteiger partial charge in [0.1, 0.15) is 0 Å². The molecule has 1 saturated heterocycles. The van der Waals surface area contributed by atoms with Crippen molar-refractivity contribution in [1.29, 1.82) is 0 Å². The van der Waals surface area contributed by atoms with E-state index in [4.69, 9.17) is 0 Å². The summed E-state index contributed by atoms with van der Waals surface area (Å²) in [6.45, 7) is 12.0. The zero-order chi connectivity index (χ0) is 11.1. The normalized spacial score (nSPS) is 27.9. The zero-order valence-electron chi connectivity index (χ0n) is 10.3. The minimum atomic E-state index is 0.661. The zero-order valence-corrected chi connectivity index (χ0v) is 10.3. The fraction of sp³-hybridized carbons (Fsp3) is 0.846. The first kappa shape index (κ1) is 12.7. The van der Waals surface area contributed by atoms with Crippen LogP contribution in [0.3, 0.4) is 0 Å². The Morgan fingerprint density at radius 1 is 1.33 bits per heavy atom. The highest BCUT2D eigenvalue weighted by Gasteiger charge is 2.21. The molecule has 0 aliphatic carbocycles. The summed E-state index contributed by atoms with van der Waals surface area (Å²) in [5.74, 6) is 0. The van der Waals surface area contributed by atoms with Crippen LogP contribution in [-0.2, 0) is 0 Å². The van der Waals surface area contributed by atoms with E-state index in [1.807, 2.05) is 6.08 Å². The highest BCUT2D eigenvalue weighted by Crippen LogP contribution is 2.09. The number of hydrogen-bond donors (Lipinski definition) is 1. The maximum Gasteiger partial charge on any atom is 0.0193 e. The summed E-state index contributed by atoms with van der Waals surface area (Å²) in [4.78, 5) is 2.62. The van der Waals surface area contributed by atoms with Crippen molar-refractivity contribution in [2.75, 3.05) is 19.6 Å². The van der Waals surface area contributed by atoms with Crippen LogP contribution in [0.1, 0.15) is 39.5 Å². The molecule has 2 heteroatoms. The first-order chi connectivity index (χ1) is 7.24. The number of nitrogens with one attached hydrogen (secondary N) is 1. The predicted molar refractivity (Wildman–Crippen MR) is 67.2 cm³/mol. The van der Waals surface area contributed by atoms with Gasteiger partial charge < -0.3 is 5.32 Å². The number of nitrogens with zero attached hydrogens (tertiary/aromatic N) is 1. The number of piperazine rings is 1. The third-order valence-electron chi connectivity index (χ3n) is 3.25. The Kier molecular flexibility index (Phi) is 5.96. The molecule has 1 aliphatic rings. The quantitative estimate of drug-likeness (QED) is 0.535. The van der Waals surface area contributed by atoms with Gasteiger partial charge in [-0.15, -0.1) is 6.58 Å². The molecule has 0 spiro atoms. The lowest BCUT2D eigenvalue weighted by molar-refractivity contribution is 0.144. The topological polar surface area (TPSA) is 15.3 Å². The Bertz CT molecular complexity index is 179. The van der Waals surface area contributed by atoms with E-state index >= 15 is 0 Å². The van der Waals surface area contributed by atoms with E-state index in [9.17, 15) is 0 Å². The largest absolute Gasteiger partial charge is 0.311 e. The molecule has 15 heavy (non-hydrogen) atoms. The molecule has 0 bridgehead atoms. The molecule has 88 valence electrons. The van der Waals surface area contributed by atoms with E-state index in [1.54, 1.807) is 0 Å². The van der Waals surface area contributed by atoms with E-state index in [1.165, 1.54) is 38.8 Å². The number of rotatable bonds is 6. The van der Waals surface area contributed by atoms with Crippen molar-refractivity contribution < 1.29 is 0 Å². The van der Waals surface area contributed by atoms with Gasteiger partial charge in [0.2, 0.25) is 0 Å². The highest BCUT2D eigenvalue weighted by molar-refractivity contribution is 4.81. The Labute approximate surface area is 94.7 Å². The lowest BCUT2D eigenvalue weighted by atomic mass is 10.1. The SMILES string of the molecule is C=CCCCCCN1CC(C)NCC1C. The fourth-order valence-electron chi connectivity index (χ4n) is 2.19. The van der Waals surface area contributed by atoms with Crippen molar-refractivity contribution in [3.05, 3.63) is 12.7 Å². The van der Waals surface area contributed by atoms with E-state index in [-0.39, 0.29) is 0 Å².